The standard InChI is InChI=1S/C14H15NO/c1-2-11(12-6-4-3-5-7-12)10-13-8-9-14(16)15-13/h3-7,13H,1,8-10H2,(H,15,16)/t13-/m0/s1. The Morgan fingerprint density at radius 1 is 1.44 bits per heavy atom. The Morgan fingerprint density at radius 2 is 2.19 bits per heavy atom. The van der Waals surface area contributed by atoms with Crippen LogP contribution in [0.2, 0.25) is 0 Å². The van der Waals surface area contributed by atoms with Crippen LogP contribution in [-0.2, 0) is 4.79 Å². The zero-order chi connectivity index (χ0) is 11.4. The summed E-state index contributed by atoms with van der Waals surface area (Å²) in [5, 5.41) is 2.96. The minimum absolute atomic E-state index is 0.154. The molecule has 0 saturated carbocycles. The van der Waals surface area contributed by atoms with Crippen LogP contribution in [0.25, 0.3) is 5.57 Å². The lowest BCUT2D eigenvalue weighted by molar-refractivity contribution is -0.119. The minimum Gasteiger partial charge on any atom is -0.353 e. The van der Waals surface area contributed by atoms with Crippen LogP contribution in [-0.4, -0.2) is 11.9 Å². The van der Waals surface area contributed by atoms with Gasteiger partial charge < -0.3 is 5.32 Å². The fourth-order valence-electron chi connectivity index (χ4n) is 2.01. The molecule has 0 spiro atoms. The van der Waals surface area contributed by atoms with E-state index in [-0.39, 0.29) is 11.9 Å². The summed E-state index contributed by atoms with van der Waals surface area (Å²) in [4.78, 5) is 11.1. The van der Waals surface area contributed by atoms with E-state index in [4.69, 9.17) is 0 Å². The van der Waals surface area contributed by atoms with E-state index >= 15 is 0 Å². The third-order valence-electron chi connectivity index (χ3n) is 2.87. The molecule has 2 rings (SSSR count). The molecule has 16 heavy (non-hydrogen) atoms. The van der Waals surface area contributed by atoms with Crippen molar-refractivity contribution >= 4 is 11.5 Å². The Morgan fingerprint density at radius 3 is 2.75 bits per heavy atom. The molecule has 1 aliphatic rings. The molecular formula is C14H15NO. The molecule has 2 nitrogen and oxygen atoms in total. The molecule has 2 heteroatoms. The molecule has 0 bridgehead atoms. The topological polar surface area (TPSA) is 29.1 Å². The Kier molecular flexibility index (Phi) is 3.23. The van der Waals surface area contributed by atoms with Crippen molar-refractivity contribution in [2.75, 3.05) is 0 Å². The Labute approximate surface area is 95.7 Å². The van der Waals surface area contributed by atoms with Crippen molar-refractivity contribution in [3.8, 4) is 0 Å². The second kappa shape index (κ2) is 4.82. The van der Waals surface area contributed by atoms with Gasteiger partial charge in [0.25, 0.3) is 0 Å². The second-order valence-corrected chi connectivity index (χ2v) is 4.03. The van der Waals surface area contributed by atoms with Crippen molar-refractivity contribution in [2.45, 2.75) is 25.3 Å². The van der Waals surface area contributed by atoms with E-state index in [9.17, 15) is 4.79 Å². The number of nitrogens with one attached hydrogen (secondary N) is 1. The number of amides is 1. The smallest absolute Gasteiger partial charge is 0.220 e. The maximum atomic E-state index is 11.1. The van der Waals surface area contributed by atoms with Crippen LogP contribution < -0.4 is 5.32 Å². The van der Waals surface area contributed by atoms with Gasteiger partial charge >= 0.3 is 0 Å². The van der Waals surface area contributed by atoms with Crippen LogP contribution in [0.1, 0.15) is 24.8 Å². The number of hydrogen-bond acceptors (Lipinski definition) is 1. The molecule has 0 unspecified atom stereocenters. The van der Waals surface area contributed by atoms with Gasteiger partial charge in [-0.15, -0.1) is 5.73 Å². The molecule has 1 amide bonds. The summed E-state index contributed by atoms with van der Waals surface area (Å²) in [6.45, 7) is 3.72. The monoisotopic (exact) mass is 213 g/mol. The molecular weight excluding hydrogens is 198 g/mol. The summed E-state index contributed by atoms with van der Waals surface area (Å²) in [6, 6.07) is 10.3. The van der Waals surface area contributed by atoms with Gasteiger partial charge in [-0.1, -0.05) is 36.9 Å². The third-order valence-corrected chi connectivity index (χ3v) is 2.87. The average Bonchev–Trinajstić information content (AvgIpc) is 2.73. The van der Waals surface area contributed by atoms with E-state index in [0.717, 1.165) is 24.0 Å². The summed E-state index contributed by atoms with van der Waals surface area (Å²) >= 11 is 0. The highest BCUT2D eigenvalue weighted by Crippen LogP contribution is 2.22. The van der Waals surface area contributed by atoms with Crippen LogP contribution in [0.15, 0.2) is 42.6 Å². The van der Waals surface area contributed by atoms with Gasteiger partial charge in [0.05, 0.1) is 0 Å². The molecule has 0 aromatic heterocycles. The maximum absolute atomic E-state index is 11.1. The fourth-order valence-corrected chi connectivity index (χ4v) is 2.01. The largest absolute Gasteiger partial charge is 0.353 e. The molecule has 82 valence electrons. The van der Waals surface area contributed by atoms with E-state index in [1.165, 1.54) is 0 Å². The first-order valence-electron chi connectivity index (χ1n) is 5.53. The molecule has 1 aromatic rings. The first-order valence-corrected chi connectivity index (χ1v) is 5.53. The fraction of sp³-hybridized carbons (Fsp3) is 0.286. The molecule has 1 fully saturated rings. The summed E-state index contributed by atoms with van der Waals surface area (Å²) in [6.07, 6.45) is 2.37. The SMILES string of the molecule is C=C=C(C[C@@H]1CCC(=O)N1)c1ccccc1. The third kappa shape index (κ3) is 2.41. The molecule has 0 radical (unpaired) electrons. The minimum atomic E-state index is 0.154. The highest BCUT2D eigenvalue weighted by atomic mass is 16.1. The highest BCUT2D eigenvalue weighted by Gasteiger charge is 2.21. The second-order valence-electron chi connectivity index (χ2n) is 4.03. The Balaban J connectivity index is 2.08. The van der Waals surface area contributed by atoms with Gasteiger partial charge in [-0.3, -0.25) is 4.79 Å². The van der Waals surface area contributed by atoms with Crippen molar-refractivity contribution in [3.63, 3.8) is 0 Å². The summed E-state index contributed by atoms with van der Waals surface area (Å²) < 4.78 is 0. The van der Waals surface area contributed by atoms with Crippen LogP contribution >= 0.6 is 0 Å². The van der Waals surface area contributed by atoms with Crippen molar-refractivity contribution in [1.29, 1.82) is 0 Å². The van der Waals surface area contributed by atoms with Crippen LogP contribution in [0.3, 0.4) is 0 Å². The summed E-state index contributed by atoms with van der Waals surface area (Å²) in [5.74, 6) is 0.154. The lowest BCUT2D eigenvalue weighted by Crippen LogP contribution is -2.25. The normalized spacial score (nSPS) is 19.0. The maximum Gasteiger partial charge on any atom is 0.220 e. The van der Waals surface area contributed by atoms with Crippen molar-refractivity contribution in [3.05, 3.63) is 48.2 Å². The molecule has 1 N–H and O–H groups in total. The number of carbonyl (C=O) groups excluding carboxylic acids is 1. The van der Waals surface area contributed by atoms with E-state index in [0.29, 0.717) is 6.42 Å². The van der Waals surface area contributed by atoms with Gasteiger partial charge in [-0.05, 0) is 12.0 Å². The first kappa shape index (κ1) is 10.7. The number of carbonyl (C=O) groups is 1. The van der Waals surface area contributed by atoms with Crippen molar-refractivity contribution in [2.24, 2.45) is 0 Å². The van der Waals surface area contributed by atoms with E-state index < -0.39 is 0 Å². The molecule has 1 aromatic carbocycles. The van der Waals surface area contributed by atoms with Gasteiger partial charge in [-0.2, -0.15) is 0 Å². The summed E-state index contributed by atoms with van der Waals surface area (Å²) in [7, 11) is 0. The number of benzene rings is 1. The first-order chi connectivity index (χ1) is 7.79. The highest BCUT2D eigenvalue weighted by molar-refractivity contribution is 5.79. The van der Waals surface area contributed by atoms with Gasteiger partial charge in [0, 0.05) is 24.5 Å². The number of rotatable bonds is 3. The van der Waals surface area contributed by atoms with Gasteiger partial charge in [0.2, 0.25) is 5.91 Å². The molecule has 1 aliphatic heterocycles. The van der Waals surface area contributed by atoms with Crippen LogP contribution in [0.4, 0.5) is 0 Å². The van der Waals surface area contributed by atoms with Crippen LogP contribution in [0.5, 0.6) is 0 Å². The predicted octanol–water partition coefficient (Wildman–Crippen LogP) is 2.52. The van der Waals surface area contributed by atoms with Gasteiger partial charge in [0.15, 0.2) is 0 Å². The lowest BCUT2D eigenvalue weighted by atomic mass is 9.99. The Hall–Kier alpha value is -1.79. The van der Waals surface area contributed by atoms with Crippen LogP contribution in [0, 0.1) is 0 Å². The zero-order valence-electron chi connectivity index (χ0n) is 9.20. The average molecular weight is 213 g/mol. The molecule has 1 saturated heterocycles. The Bertz CT molecular complexity index is 429. The van der Waals surface area contributed by atoms with Gasteiger partial charge in [0.1, 0.15) is 0 Å². The van der Waals surface area contributed by atoms with Gasteiger partial charge in [-0.25, -0.2) is 0 Å². The van der Waals surface area contributed by atoms with Crippen molar-refractivity contribution < 1.29 is 4.79 Å². The number of hydrogen-bond donors (Lipinski definition) is 1. The van der Waals surface area contributed by atoms with E-state index in [1.54, 1.807) is 0 Å². The molecule has 0 aliphatic carbocycles. The quantitative estimate of drug-likeness (QED) is 0.768. The van der Waals surface area contributed by atoms with E-state index in [2.05, 4.69) is 17.6 Å². The van der Waals surface area contributed by atoms with Crippen molar-refractivity contribution in [1.82, 2.24) is 5.32 Å². The predicted molar refractivity (Wildman–Crippen MR) is 64.8 cm³/mol. The summed E-state index contributed by atoms with van der Waals surface area (Å²) in [5.41, 5.74) is 5.19. The zero-order valence-corrected chi connectivity index (χ0v) is 9.20. The molecule has 1 atom stereocenters. The molecule has 1 heterocycles. The van der Waals surface area contributed by atoms with E-state index in [1.807, 2.05) is 30.3 Å². The lowest BCUT2D eigenvalue weighted by Gasteiger charge is -2.11.